The maximum atomic E-state index is 13.0. The Morgan fingerprint density at radius 1 is 1.16 bits per heavy atom. The molecule has 31 heavy (non-hydrogen) atoms. The Labute approximate surface area is 178 Å². The summed E-state index contributed by atoms with van der Waals surface area (Å²) >= 11 is 0. The van der Waals surface area contributed by atoms with Crippen molar-refractivity contribution in [3.63, 3.8) is 0 Å². The minimum atomic E-state index is -0.349. The van der Waals surface area contributed by atoms with Gasteiger partial charge in [0.1, 0.15) is 11.5 Å². The highest BCUT2D eigenvalue weighted by molar-refractivity contribution is 5.95. The number of halogens is 1. The molecule has 4 aromatic rings. The van der Waals surface area contributed by atoms with Gasteiger partial charge in [-0.1, -0.05) is 12.1 Å². The lowest BCUT2D eigenvalue weighted by Gasteiger charge is -2.07. The average Bonchev–Trinajstić information content (AvgIpc) is 3.07. The number of aromatic nitrogens is 3. The van der Waals surface area contributed by atoms with E-state index in [-0.39, 0.29) is 16.4 Å². The van der Waals surface area contributed by atoms with Crippen molar-refractivity contribution >= 4 is 16.6 Å². The van der Waals surface area contributed by atoms with Gasteiger partial charge in [-0.15, -0.1) is 0 Å². The molecule has 0 radical (unpaired) electrons. The number of fused-ring (bicyclic) bond motifs is 1. The summed E-state index contributed by atoms with van der Waals surface area (Å²) in [4.78, 5) is 15.6. The Hall–Kier alpha value is -3.65. The minimum absolute atomic E-state index is 0.0801. The fourth-order valence-electron chi connectivity index (χ4n) is 3.67. The number of nitro groups is 1. The third-order valence-electron chi connectivity index (χ3n) is 5.23. The second kappa shape index (κ2) is 8.61. The zero-order valence-electron chi connectivity index (χ0n) is 17.3. The Kier molecular flexibility index (Phi) is 5.73. The van der Waals surface area contributed by atoms with Crippen LogP contribution >= 0.6 is 0 Å². The molecule has 0 fully saturated rings. The van der Waals surface area contributed by atoms with Gasteiger partial charge in [0.05, 0.1) is 10.4 Å². The Morgan fingerprint density at radius 2 is 1.94 bits per heavy atom. The SMILES string of the molecule is Cc1cc(-c2nn(C)c3cc([N+](=O)[O-])c(CCNCc4ccc(F)cc4)cc23)ccn1. The number of aryl methyl sites for hydroxylation is 2. The van der Waals surface area contributed by atoms with E-state index in [1.807, 2.05) is 25.1 Å². The fourth-order valence-corrected chi connectivity index (χ4v) is 3.67. The number of pyridine rings is 1. The van der Waals surface area contributed by atoms with Gasteiger partial charge >= 0.3 is 0 Å². The standard InChI is InChI=1S/C23H22FN5O2/c1-15-11-18(8-10-26-15)23-20-12-17(21(29(30)31)13-22(20)28(2)27-23)7-9-25-14-16-3-5-19(24)6-4-16/h3-6,8,10-13,25H,7,9,14H2,1-2H3. The molecule has 0 saturated carbocycles. The zero-order chi connectivity index (χ0) is 22.0. The van der Waals surface area contributed by atoms with Crippen LogP contribution in [0.1, 0.15) is 16.8 Å². The Bertz CT molecular complexity index is 1250. The summed E-state index contributed by atoms with van der Waals surface area (Å²) in [6, 6.07) is 13.6. The van der Waals surface area contributed by atoms with Crippen LogP contribution in [0.4, 0.5) is 10.1 Å². The van der Waals surface area contributed by atoms with E-state index in [1.165, 1.54) is 12.1 Å². The van der Waals surface area contributed by atoms with Crippen LogP contribution in [0.2, 0.25) is 0 Å². The lowest BCUT2D eigenvalue weighted by Crippen LogP contribution is -2.17. The summed E-state index contributed by atoms with van der Waals surface area (Å²) in [7, 11) is 1.79. The molecule has 0 aliphatic heterocycles. The topological polar surface area (TPSA) is 85.9 Å². The third-order valence-corrected chi connectivity index (χ3v) is 5.23. The molecule has 0 spiro atoms. The molecular weight excluding hydrogens is 397 g/mol. The first-order chi connectivity index (χ1) is 14.9. The molecule has 0 bridgehead atoms. The molecular formula is C23H22FN5O2. The lowest BCUT2D eigenvalue weighted by molar-refractivity contribution is -0.385. The summed E-state index contributed by atoms with van der Waals surface area (Å²) in [5, 5.41) is 20.4. The fraction of sp³-hybridized carbons (Fsp3) is 0.217. The van der Waals surface area contributed by atoms with Crippen LogP contribution in [0.3, 0.4) is 0 Å². The molecule has 0 aliphatic carbocycles. The predicted octanol–water partition coefficient (Wildman–Crippen LogP) is 4.32. The van der Waals surface area contributed by atoms with Gasteiger partial charge in [0.25, 0.3) is 5.69 Å². The van der Waals surface area contributed by atoms with Crippen LogP contribution in [0, 0.1) is 22.9 Å². The Morgan fingerprint density at radius 3 is 2.65 bits per heavy atom. The average molecular weight is 419 g/mol. The first-order valence-corrected chi connectivity index (χ1v) is 9.94. The van der Waals surface area contributed by atoms with E-state index >= 15 is 0 Å². The van der Waals surface area contributed by atoms with Gasteiger partial charge in [-0.3, -0.25) is 19.8 Å². The summed E-state index contributed by atoms with van der Waals surface area (Å²) in [6.07, 6.45) is 2.22. The number of rotatable bonds is 7. The predicted molar refractivity (Wildman–Crippen MR) is 117 cm³/mol. The summed E-state index contributed by atoms with van der Waals surface area (Å²) in [5.41, 5.74) is 4.96. The molecule has 4 rings (SSSR count). The first-order valence-electron chi connectivity index (χ1n) is 9.94. The van der Waals surface area contributed by atoms with Crippen molar-refractivity contribution < 1.29 is 9.31 Å². The number of benzene rings is 2. The molecule has 0 amide bonds. The molecule has 1 N–H and O–H groups in total. The van der Waals surface area contributed by atoms with E-state index in [4.69, 9.17) is 0 Å². The molecule has 158 valence electrons. The van der Waals surface area contributed by atoms with Gasteiger partial charge in [0.2, 0.25) is 0 Å². The molecule has 2 aromatic heterocycles. The Balaban J connectivity index is 1.62. The van der Waals surface area contributed by atoms with Crippen LogP contribution < -0.4 is 5.32 Å². The number of nitrogens with one attached hydrogen (secondary N) is 1. The largest absolute Gasteiger partial charge is 0.312 e. The van der Waals surface area contributed by atoms with Crippen molar-refractivity contribution in [2.45, 2.75) is 19.9 Å². The van der Waals surface area contributed by atoms with E-state index < -0.39 is 0 Å². The molecule has 0 saturated heterocycles. The van der Waals surface area contributed by atoms with Crippen molar-refractivity contribution in [1.82, 2.24) is 20.1 Å². The van der Waals surface area contributed by atoms with E-state index in [1.54, 1.807) is 36.1 Å². The second-order valence-corrected chi connectivity index (χ2v) is 7.47. The highest BCUT2D eigenvalue weighted by Crippen LogP contribution is 2.33. The van der Waals surface area contributed by atoms with Crippen LogP contribution in [0.5, 0.6) is 0 Å². The number of hydrogen-bond acceptors (Lipinski definition) is 5. The zero-order valence-corrected chi connectivity index (χ0v) is 17.3. The molecule has 0 atom stereocenters. The second-order valence-electron chi connectivity index (χ2n) is 7.47. The quantitative estimate of drug-likeness (QED) is 0.274. The minimum Gasteiger partial charge on any atom is -0.312 e. The van der Waals surface area contributed by atoms with Crippen molar-refractivity contribution in [2.75, 3.05) is 6.54 Å². The van der Waals surface area contributed by atoms with Gasteiger partial charge in [-0.2, -0.15) is 5.10 Å². The van der Waals surface area contributed by atoms with Crippen molar-refractivity contribution in [3.05, 3.63) is 87.5 Å². The normalized spacial score (nSPS) is 11.2. The van der Waals surface area contributed by atoms with Crippen LogP contribution in [-0.2, 0) is 20.0 Å². The summed E-state index contributed by atoms with van der Waals surface area (Å²) in [5.74, 6) is -0.274. The highest BCUT2D eigenvalue weighted by atomic mass is 19.1. The number of hydrogen-bond donors (Lipinski definition) is 1. The van der Waals surface area contributed by atoms with Gasteiger partial charge in [0, 0.05) is 48.1 Å². The molecule has 2 heterocycles. The van der Waals surface area contributed by atoms with E-state index in [0.717, 1.165) is 27.9 Å². The maximum absolute atomic E-state index is 13.0. The molecule has 0 unspecified atom stereocenters. The summed E-state index contributed by atoms with van der Waals surface area (Å²) in [6.45, 7) is 3.02. The van der Waals surface area contributed by atoms with E-state index in [2.05, 4.69) is 15.4 Å². The highest BCUT2D eigenvalue weighted by Gasteiger charge is 2.20. The van der Waals surface area contributed by atoms with Gasteiger partial charge in [-0.25, -0.2) is 4.39 Å². The molecule has 0 aliphatic rings. The van der Waals surface area contributed by atoms with Crippen molar-refractivity contribution in [1.29, 1.82) is 0 Å². The smallest absolute Gasteiger partial charge is 0.274 e. The van der Waals surface area contributed by atoms with Gasteiger partial charge in [-0.05, 0) is 55.8 Å². The number of nitrogens with zero attached hydrogens (tertiary/aromatic N) is 4. The monoisotopic (exact) mass is 419 g/mol. The van der Waals surface area contributed by atoms with Crippen LogP contribution in [0.25, 0.3) is 22.2 Å². The summed E-state index contributed by atoms with van der Waals surface area (Å²) < 4.78 is 14.7. The molecule has 8 heteroatoms. The van der Waals surface area contributed by atoms with E-state index in [0.29, 0.717) is 30.6 Å². The molecule has 7 nitrogen and oxygen atoms in total. The van der Waals surface area contributed by atoms with Crippen molar-refractivity contribution in [3.8, 4) is 11.3 Å². The maximum Gasteiger partial charge on any atom is 0.274 e. The van der Waals surface area contributed by atoms with Gasteiger partial charge in [0.15, 0.2) is 0 Å². The van der Waals surface area contributed by atoms with Gasteiger partial charge < -0.3 is 5.32 Å². The molecule has 2 aromatic carbocycles. The van der Waals surface area contributed by atoms with Crippen LogP contribution in [0.15, 0.2) is 54.7 Å². The number of nitro benzene ring substituents is 1. The van der Waals surface area contributed by atoms with E-state index in [9.17, 15) is 14.5 Å². The van der Waals surface area contributed by atoms with Crippen LogP contribution in [-0.4, -0.2) is 26.2 Å². The lowest BCUT2D eigenvalue weighted by atomic mass is 10.0. The first kappa shape index (κ1) is 20.6. The third kappa shape index (κ3) is 4.44. The van der Waals surface area contributed by atoms with Crippen molar-refractivity contribution in [2.24, 2.45) is 7.05 Å².